The molecule has 1 amide bonds. The Bertz CT molecular complexity index is 281. The van der Waals surface area contributed by atoms with Gasteiger partial charge in [0.1, 0.15) is 0 Å². The maximum Gasteiger partial charge on any atom is 0.222 e. The smallest absolute Gasteiger partial charge is 0.222 e. The normalized spacial score (nSPS) is 28.1. The summed E-state index contributed by atoms with van der Waals surface area (Å²) in [6.45, 7) is 0.897. The summed E-state index contributed by atoms with van der Waals surface area (Å²) in [5, 5.41) is 0. The summed E-state index contributed by atoms with van der Waals surface area (Å²) >= 11 is 0. The van der Waals surface area contributed by atoms with Crippen molar-refractivity contribution in [2.45, 2.75) is 25.3 Å². The third kappa shape index (κ3) is 1.50. The highest BCUT2D eigenvalue weighted by atomic mass is 16.2. The number of likely N-dealkylation sites (N-methyl/N-ethyl adjacent to an activating group) is 1. The lowest BCUT2D eigenvalue weighted by Crippen LogP contribution is -2.31. The van der Waals surface area contributed by atoms with Crippen LogP contribution in [-0.2, 0) is 4.79 Å². The van der Waals surface area contributed by atoms with Crippen molar-refractivity contribution in [2.75, 3.05) is 13.6 Å². The van der Waals surface area contributed by atoms with Crippen LogP contribution in [0.15, 0.2) is 16.6 Å². The molecule has 0 aliphatic carbocycles. The highest BCUT2D eigenvalue weighted by Crippen LogP contribution is 2.23. The van der Waals surface area contributed by atoms with E-state index in [1.54, 1.807) is 0 Å². The van der Waals surface area contributed by atoms with Crippen molar-refractivity contribution in [1.82, 2.24) is 4.90 Å². The Morgan fingerprint density at radius 1 is 1.62 bits per heavy atom. The number of carbonyl (C=O) groups excluding carboxylic acids is 1. The molecule has 0 radical (unpaired) electrons. The Balaban J connectivity index is 2.13. The lowest BCUT2D eigenvalue weighted by Gasteiger charge is -2.21. The Morgan fingerprint density at radius 3 is 3.00 bits per heavy atom. The first-order valence-corrected chi connectivity index (χ1v) is 4.74. The van der Waals surface area contributed by atoms with Gasteiger partial charge in [0.2, 0.25) is 5.91 Å². The summed E-state index contributed by atoms with van der Waals surface area (Å²) in [6, 6.07) is 0.288. The van der Waals surface area contributed by atoms with E-state index in [-0.39, 0.29) is 11.9 Å². The number of hydrogen-bond donors (Lipinski definition) is 0. The monoisotopic (exact) mass is 178 g/mol. The minimum Gasteiger partial charge on any atom is -0.339 e. The average Bonchev–Trinajstić information content (AvgIpc) is 2.49. The standard InChI is InChI=1S/C10H14N2O/c1-12-9(4-5-10(12)13)8-3-2-6-11-7-8/h3,7,9H,2,4-6H2,1H3. The quantitative estimate of drug-likeness (QED) is 0.589. The predicted molar refractivity (Wildman–Crippen MR) is 51.9 cm³/mol. The molecular weight excluding hydrogens is 164 g/mol. The van der Waals surface area contributed by atoms with E-state index in [9.17, 15) is 4.79 Å². The number of dihydropyridines is 1. The van der Waals surface area contributed by atoms with Gasteiger partial charge in [0, 0.05) is 26.2 Å². The fraction of sp³-hybridized carbons (Fsp3) is 0.600. The first kappa shape index (κ1) is 8.48. The van der Waals surface area contributed by atoms with Crippen LogP contribution in [0.5, 0.6) is 0 Å². The van der Waals surface area contributed by atoms with Crippen LogP contribution in [0.4, 0.5) is 0 Å². The Kier molecular flexibility index (Phi) is 2.17. The van der Waals surface area contributed by atoms with Gasteiger partial charge in [-0.2, -0.15) is 0 Å². The van der Waals surface area contributed by atoms with Crippen LogP contribution in [0.1, 0.15) is 19.3 Å². The van der Waals surface area contributed by atoms with Crippen molar-refractivity contribution < 1.29 is 4.79 Å². The maximum atomic E-state index is 11.3. The number of carbonyl (C=O) groups is 1. The van der Waals surface area contributed by atoms with Gasteiger partial charge in [-0.1, -0.05) is 6.08 Å². The van der Waals surface area contributed by atoms with E-state index in [2.05, 4.69) is 11.1 Å². The summed E-state index contributed by atoms with van der Waals surface area (Å²) in [5.41, 5.74) is 1.22. The van der Waals surface area contributed by atoms with Gasteiger partial charge >= 0.3 is 0 Å². The first-order chi connectivity index (χ1) is 6.29. The zero-order valence-corrected chi connectivity index (χ0v) is 7.86. The molecule has 2 rings (SSSR count). The number of hydrogen-bond acceptors (Lipinski definition) is 2. The van der Waals surface area contributed by atoms with E-state index in [0.717, 1.165) is 19.4 Å². The molecule has 0 aromatic carbocycles. The lowest BCUT2D eigenvalue weighted by molar-refractivity contribution is -0.127. The molecule has 0 aromatic rings. The molecule has 2 aliphatic heterocycles. The molecule has 0 aromatic heterocycles. The summed E-state index contributed by atoms with van der Waals surface area (Å²) < 4.78 is 0. The molecule has 3 heteroatoms. The van der Waals surface area contributed by atoms with E-state index < -0.39 is 0 Å². The molecular formula is C10H14N2O. The second kappa shape index (κ2) is 3.32. The molecule has 3 nitrogen and oxygen atoms in total. The van der Waals surface area contributed by atoms with Crippen LogP contribution in [0.3, 0.4) is 0 Å². The fourth-order valence-electron chi connectivity index (χ4n) is 1.94. The van der Waals surface area contributed by atoms with Crippen molar-refractivity contribution in [3.63, 3.8) is 0 Å². The zero-order chi connectivity index (χ0) is 9.26. The zero-order valence-electron chi connectivity index (χ0n) is 7.86. The lowest BCUT2D eigenvalue weighted by atomic mass is 10.0. The average molecular weight is 178 g/mol. The number of amides is 1. The van der Waals surface area contributed by atoms with Crippen molar-refractivity contribution in [2.24, 2.45) is 4.99 Å². The fourth-order valence-corrected chi connectivity index (χ4v) is 1.94. The molecule has 0 spiro atoms. The molecule has 13 heavy (non-hydrogen) atoms. The number of rotatable bonds is 1. The second-order valence-corrected chi connectivity index (χ2v) is 3.59. The van der Waals surface area contributed by atoms with E-state index in [0.29, 0.717) is 6.42 Å². The highest BCUT2D eigenvalue weighted by molar-refractivity contribution is 5.86. The van der Waals surface area contributed by atoms with Gasteiger partial charge in [-0.3, -0.25) is 9.79 Å². The molecule has 1 atom stereocenters. The van der Waals surface area contributed by atoms with Crippen molar-refractivity contribution in [3.8, 4) is 0 Å². The number of likely N-dealkylation sites (tertiary alicyclic amines) is 1. The molecule has 2 heterocycles. The number of nitrogens with zero attached hydrogens (tertiary/aromatic N) is 2. The molecule has 1 fully saturated rings. The van der Waals surface area contributed by atoms with Gasteiger partial charge in [-0.25, -0.2) is 0 Å². The van der Waals surface area contributed by atoms with Gasteiger partial charge in [0.25, 0.3) is 0 Å². The van der Waals surface area contributed by atoms with Gasteiger partial charge in [-0.15, -0.1) is 0 Å². The summed E-state index contributed by atoms with van der Waals surface area (Å²) in [5.74, 6) is 0.255. The van der Waals surface area contributed by atoms with Crippen LogP contribution in [-0.4, -0.2) is 36.7 Å². The van der Waals surface area contributed by atoms with Gasteiger partial charge < -0.3 is 4.90 Å². The van der Waals surface area contributed by atoms with Crippen molar-refractivity contribution in [3.05, 3.63) is 11.6 Å². The summed E-state index contributed by atoms with van der Waals surface area (Å²) in [6.07, 6.45) is 6.78. The Hall–Kier alpha value is -1.12. The molecule has 70 valence electrons. The summed E-state index contributed by atoms with van der Waals surface area (Å²) in [7, 11) is 1.88. The number of aliphatic imine (C=N–C) groups is 1. The molecule has 0 saturated carbocycles. The Labute approximate surface area is 78.1 Å². The van der Waals surface area contributed by atoms with Crippen molar-refractivity contribution >= 4 is 12.1 Å². The van der Waals surface area contributed by atoms with E-state index in [1.807, 2.05) is 18.2 Å². The van der Waals surface area contributed by atoms with Crippen LogP contribution >= 0.6 is 0 Å². The predicted octanol–water partition coefficient (Wildman–Crippen LogP) is 1.01. The minimum atomic E-state index is 0.255. The maximum absolute atomic E-state index is 11.3. The molecule has 1 saturated heterocycles. The summed E-state index contributed by atoms with van der Waals surface area (Å²) in [4.78, 5) is 17.3. The Morgan fingerprint density at radius 2 is 2.46 bits per heavy atom. The van der Waals surface area contributed by atoms with E-state index in [4.69, 9.17) is 0 Å². The highest BCUT2D eigenvalue weighted by Gasteiger charge is 2.29. The SMILES string of the molecule is CN1C(=O)CCC1C1=CCCN=C1. The van der Waals surface area contributed by atoms with Gasteiger partial charge in [0.15, 0.2) is 0 Å². The first-order valence-electron chi connectivity index (χ1n) is 4.74. The van der Waals surface area contributed by atoms with Crippen LogP contribution in [0.2, 0.25) is 0 Å². The van der Waals surface area contributed by atoms with Crippen LogP contribution in [0.25, 0.3) is 0 Å². The van der Waals surface area contributed by atoms with Crippen LogP contribution in [0, 0.1) is 0 Å². The minimum absolute atomic E-state index is 0.255. The third-order valence-electron chi connectivity index (χ3n) is 2.76. The second-order valence-electron chi connectivity index (χ2n) is 3.59. The van der Waals surface area contributed by atoms with Crippen molar-refractivity contribution in [1.29, 1.82) is 0 Å². The molecule has 1 unspecified atom stereocenters. The molecule has 0 N–H and O–H groups in total. The largest absolute Gasteiger partial charge is 0.339 e. The van der Waals surface area contributed by atoms with Gasteiger partial charge in [0.05, 0.1) is 6.04 Å². The molecule has 2 aliphatic rings. The van der Waals surface area contributed by atoms with E-state index in [1.165, 1.54) is 5.57 Å². The van der Waals surface area contributed by atoms with Gasteiger partial charge in [-0.05, 0) is 18.4 Å². The van der Waals surface area contributed by atoms with E-state index >= 15 is 0 Å². The topological polar surface area (TPSA) is 32.7 Å². The third-order valence-corrected chi connectivity index (χ3v) is 2.76. The van der Waals surface area contributed by atoms with Crippen LogP contribution < -0.4 is 0 Å². The molecule has 0 bridgehead atoms.